The third-order valence-corrected chi connectivity index (χ3v) is 3.82. The number of sulfonamides is 1. The van der Waals surface area contributed by atoms with E-state index in [-0.39, 0.29) is 23.8 Å². The fourth-order valence-electron chi connectivity index (χ4n) is 1.42. The maximum atomic E-state index is 11.8. The van der Waals surface area contributed by atoms with E-state index in [2.05, 4.69) is 9.46 Å². The van der Waals surface area contributed by atoms with Gasteiger partial charge in [-0.15, -0.1) is 0 Å². The second-order valence-electron chi connectivity index (χ2n) is 3.92. The molecule has 20 heavy (non-hydrogen) atoms. The number of benzene rings is 1. The number of ether oxygens (including phenoxy) is 1. The van der Waals surface area contributed by atoms with Crippen LogP contribution in [-0.4, -0.2) is 31.7 Å². The molecule has 3 N–H and O–H groups in total. The second kappa shape index (κ2) is 7.20. The summed E-state index contributed by atoms with van der Waals surface area (Å²) in [5.74, 6) is -0.891. The predicted octanol–water partition coefficient (Wildman–Crippen LogP) is 1.02. The first-order chi connectivity index (χ1) is 9.34. The largest absolute Gasteiger partial charge is 0.466 e. The minimum Gasteiger partial charge on any atom is -0.466 e. The van der Waals surface area contributed by atoms with E-state index in [0.717, 1.165) is 0 Å². The van der Waals surface area contributed by atoms with Crippen LogP contribution < -0.4 is 10.5 Å². The topological polar surface area (TPSA) is 98.5 Å². The monoisotopic (exact) mass is 316 g/mol. The summed E-state index contributed by atoms with van der Waals surface area (Å²) in [4.78, 5) is 11.3. The van der Waals surface area contributed by atoms with E-state index in [1.807, 2.05) is 0 Å². The summed E-state index contributed by atoms with van der Waals surface area (Å²) in [5.41, 5.74) is 6.38. The van der Waals surface area contributed by atoms with E-state index in [4.69, 9.17) is 18.0 Å². The van der Waals surface area contributed by atoms with E-state index in [9.17, 15) is 13.2 Å². The molecule has 0 fully saturated rings. The molecule has 0 saturated heterocycles. The van der Waals surface area contributed by atoms with Crippen molar-refractivity contribution in [3.63, 3.8) is 0 Å². The van der Waals surface area contributed by atoms with Crippen molar-refractivity contribution in [1.82, 2.24) is 0 Å². The van der Waals surface area contributed by atoms with Crippen LogP contribution in [0.2, 0.25) is 0 Å². The van der Waals surface area contributed by atoms with Crippen LogP contribution in [0.4, 0.5) is 5.69 Å². The molecule has 0 aliphatic rings. The highest BCUT2D eigenvalue weighted by molar-refractivity contribution is 7.92. The molecule has 0 aliphatic heterocycles. The molecular weight excluding hydrogens is 300 g/mol. The third kappa shape index (κ3) is 5.54. The molecule has 0 bridgehead atoms. The van der Waals surface area contributed by atoms with Crippen molar-refractivity contribution in [3.05, 3.63) is 29.8 Å². The van der Waals surface area contributed by atoms with Gasteiger partial charge in [-0.05, 0) is 19.1 Å². The molecule has 0 aromatic heterocycles. The van der Waals surface area contributed by atoms with Gasteiger partial charge in [-0.25, -0.2) is 8.42 Å². The lowest BCUT2D eigenvalue weighted by Gasteiger charge is -2.09. The normalized spacial score (nSPS) is 10.8. The Morgan fingerprint density at radius 3 is 2.75 bits per heavy atom. The Hall–Kier alpha value is -1.67. The van der Waals surface area contributed by atoms with Gasteiger partial charge in [0.1, 0.15) is 4.99 Å². The Morgan fingerprint density at radius 1 is 1.45 bits per heavy atom. The van der Waals surface area contributed by atoms with Gasteiger partial charge in [0.15, 0.2) is 0 Å². The number of esters is 1. The van der Waals surface area contributed by atoms with Crippen LogP contribution in [0, 0.1) is 0 Å². The van der Waals surface area contributed by atoms with Gasteiger partial charge >= 0.3 is 5.97 Å². The Kier molecular flexibility index (Phi) is 5.90. The Bertz CT molecular complexity index is 599. The SMILES string of the molecule is CCOC(=O)CCS(=O)(=O)Nc1cccc(C(N)=S)c1. The molecule has 0 aliphatic carbocycles. The average Bonchev–Trinajstić information content (AvgIpc) is 2.37. The lowest BCUT2D eigenvalue weighted by molar-refractivity contribution is -0.142. The quantitative estimate of drug-likeness (QED) is 0.575. The number of anilines is 1. The van der Waals surface area contributed by atoms with Gasteiger partial charge < -0.3 is 10.5 Å². The molecule has 0 heterocycles. The van der Waals surface area contributed by atoms with Crippen molar-refractivity contribution in [3.8, 4) is 0 Å². The van der Waals surface area contributed by atoms with Gasteiger partial charge in [-0.1, -0.05) is 24.4 Å². The number of hydrogen-bond donors (Lipinski definition) is 2. The summed E-state index contributed by atoms with van der Waals surface area (Å²) in [6.45, 7) is 1.88. The number of nitrogens with two attached hydrogens (primary N) is 1. The molecule has 6 nitrogen and oxygen atoms in total. The van der Waals surface area contributed by atoms with E-state index in [1.165, 1.54) is 6.07 Å². The van der Waals surface area contributed by atoms with Gasteiger partial charge in [-0.2, -0.15) is 0 Å². The van der Waals surface area contributed by atoms with Crippen LogP contribution in [0.25, 0.3) is 0 Å². The first-order valence-electron chi connectivity index (χ1n) is 5.90. The van der Waals surface area contributed by atoms with Crippen LogP contribution in [-0.2, 0) is 19.6 Å². The van der Waals surface area contributed by atoms with Gasteiger partial charge in [0.25, 0.3) is 0 Å². The standard InChI is InChI=1S/C12H16N2O4S2/c1-2-18-11(15)6-7-20(16,17)14-10-5-3-4-9(8-10)12(13)19/h3-5,8,14H,2,6-7H2,1H3,(H2,13,19). The lowest BCUT2D eigenvalue weighted by atomic mass is 10.2. The van der Waals surface area contributed by atoms with Crippen LogP contribution in [0.3, 0.4) is 0 Å². The summed E-state index contributed by atoms with van der Waals surface area (Å²) in [6, 6.07) is 6.42. The lowest BCUT2D eigenvalue weighted by Crippen LogP contribution is -2.20. The summed E-state index contributed by atoms with van der Waals surface area (Å²) in [7, 11) is -3.63. The van der Waals surface area contributed by atoms with Crippen molar-refractivity contribution in [1.29, 1.82) is 0 Å². The van der Waals surface area contributed by atoms with E-state index in [1.54, 1.807) is 25.1 Å². The Morgan fingerprint density at radius 2 is 2.15 bits per heavy atom. The zero-order valence-corrected chi connectivity index (χ0v) is 12.6. The predicted molar refractivity (Wildman–Crippen MR) is 81.0 cm³/mol. The molecule has 0 atom stereocenters. The summed E-state index contributed by atoms with van der Waals surface area (Å²) < 4.78 is 30.6. The Balaban J connectivity index is 2.69. The van der Waals surface area contributed by atoms with Crippen molar-refractivity contribution in [2.75, 3.05) is 17.1 Å². The first-order valence-corrected chi connectivity index (χ1v) is 7.96. The summed E-state index contributed by atoms with van der Waals surface area (Å²) >= 11 is 4.82. The van der Waals surface area contributed by atoms with Crippen LogP contribution in [0.15, 0.2) is 24.3 Å². The van der Waals surface area contributed by atoms with Gasteiger partial charge in [0.2, 0.25) is 10.0 Å². The van der Waals surface area contributed by atoms with Crippen molar-refractivity contribution < 1.29 is 17.9 Å². The molecule has 0 amide bonds. The van der Waals surface area contributed by atoms with E-state index >= 15 is 0 Å². The van der Waals surface area contributed by atoms with Gasteiger partial charge in [0.05, 0.1) is 18.8 Å². The fraction of sp³-hybridized carbons (Fsp3) is 0.333. The van der Waals surface area contributed by atoms with Crippen LogP contribution in [0.1, 0.15) is 18.9 Å². The molecule has 1 aromatic rings. The first kappa shape index (κ1) is 16.4. The summed E-state index contributed by atoms with van der Waals surface area (Å²) in [6.07, 6.45) is -0.196. The second-order valence-corrected chi connectivity index (χ2v) is 6.20. The van der Waals surface area contributed by atoms with Crippen molar-refractivity contribution in [2.45, 2.75) is 13.3 Å². The highest BCUT2D eigenvalue weighted by atomic mass is 32.2. The summed E-state index contributed by atoms with van der Waals surface area (Å²) in [5, 5.41) is 0. The maximum Gasteiger partial charge on any atom is 0.306 e. The number of carbonyl (C=O) groups excluding carboxylic acids is 1. The molecule has 0 saturated carbocycles. The number of carbonyl (C=O) groups is 1. The van der Waals surface area contributed by atoms with Gasteiger partial charge in [-0.3, -0.25) is 9.52 Å². The van der Waals surface area contributed by atoms with Gasteiger partial charge in [0, 0.05) is 11.3 Å². The van der Waals surface area contributed by atoms with Crippen LogP contribution >= 0.6 is 12.2 Å². The van der Waals surface area contributed by atoms with Crippen molar-refractivity contribution in [2.24, 2.45) is 5.73 Å². The molecule has 0 radical (unpaired) electrons. The molecule has 1 rings (SSSR count). The fourth-order valence-corrected chi connectivity index (χ4v) is 2.57. The highest BCUT2D eigenvalue weighted by Gasteiger charge is 2.14. The zero-order chi connectivity index (χ0) is 15.2. The molecular formula is C12H16N2O4S2. The molecule has 1 aromatic carbocycles. The third-order valence-electron chi connectivity index (χ3n) is 2.30. The minimum absolute atomic E-state index is 0.178. The highest BCUT2D eigenvalue weighted by Crippen LogP contribution is 2.13. The number of hydrogen-bond acceptors (Lipinski definition) is 5. The van der Waals surface area contributed by atoms with Crippen molar-refractivity contribution >= 4 is 38.9 Å². The van der Waals surface area contributed by atoms with Crippen LogP contribution in [0.5, 0.6) is 0 Å². The molecule has 8 heteroatoms. The number of nitrogens with one attached hydrogen (secondary N) is 1. The number of thiocarbonyl (C=S) groups is 1. The smallest absolute Gasteiger partial charge is 0.306 e. The molecule has 110 valence electrons. The van der Waals surface area contributed by atoms with E-state index < -0.39 is 16.0 Å². The Labute approximate surface area is 123 Å². The molecule has 0 unspecified atom stereocenters. The number of rotatable bonds is 7. The average molecular weight is 316 g/mol. The zero-order valence-electron chi connectivity index (χ0n) is 11.0. The molecule has 0 spiro atoms. The maximum absolute atomic E-state index is 11.8. The van der Waals surface area contributed by atoms with E-state index in [0.29, 0.717) is 11.3 Å². The minimum atomic E-state index is -3.63.